The molecule has 12 aromatic rings. The third kappa shape index (κ3) is 3.94. The van der Waals surface area contributed by atoms with Gasteiger partial charge in [-0.2, -0.15) is 0 Å². The van der Waals surface area contributed by atoms with Crippen molar-refractivity contribution in [3.63, 3.8) is 0 Å². The summed E-state index contributed by atoms with van der Waals surface area (Å²) in [6.07, 6.45) is 1.89. The van der Waals surface area contributed by atoms with Crippen LogP contribution in [0.4, 0.5) is 0 Å². The van der Waals surface area contributed by atoms with E-state index >= 15 is 0 Å². The first-order valence-electron chi connectivity index (χ1n) is 18.2. The molecule has 7 aromatic carbocycles. The highest BCUT2D eigenvalue weighted by Gasteiger charge is 2.25. The standard InChI is InChI=1S/C48H29N5O/c1-2-14-30(15-3-1)51-42-27-26-41-44(46(42)53-40-24-12-9-21-37(40)50-48(51)53)36-20-7-11-23-39(36)52(41)38-22-10-6-17-32(38)31-16-4-5-19-34(31)45-47-35(28-29-49-45)33-18-8-13-25-43(33)54-47/h1-29H. The summed E-state index contributed by atoms with van der Waals surface area (Å²) in [6, 6.07) is 59.8. The smallest absolute Gasteiger partial charge is 0.220 e. The fraction of sp³-hybridized carbons (Fsp3) is 0. The van der Waals surface area contributed by atoms with Gasteiger partial charge in [0.15, 0.2) is 5.58 Å². The van der Waals surface area contributed by atoms with Gasteiger partial charge in [0, 0.05) is 44.6 Å². The lowest BCUT2D eigenvalue weighted by Crippen LogP contribution is -1.98. The van der Waals surface area contributed by atoms with Gasteiger partial charge in [0.25, 0.3) is 0 Å². The van der Waals surface area contributed by atoms with Gasteiger partial charge in [-0.3, -0.25) is 14.0 Å². The summed E-state index contributed by atoms with van der Waals surface area (Å²) in [5.41, 5.74) is 14.4. The minimum atomic E-state index is 0.794. The van der Waals surface area contributed by atoms with Gasteiger partial charge in [-0.05, 0) is 66.2 Å². The summed E-state index contributed by atoms with van der Waals surface area (Å²) < 4.78 is 13.6. The first-order valence-corrected chi connectivity index (χ1v) is 18.2. The third-order valence-corrected chi connectivity index (χ3v) is 10.9. The number of hydrogen-bond acceptors (Lipinski definition) is 3. The topological polar surface area (TPSA) is 53.2 Å². The van der Waals surface area contributed by atoms with Crippen LogP contribution in [0.2, 0.25) is 0 Å². The van der Waals surface area contributed by atoms with E-state index in [1.54, 1.807) is 0 Å². The maximum atomic E-state index is 6.50. The number of para-hydroxylation sites is 6. The Labute approximate surface area is 308 Å². The first kappa shape index (κ1) is 29.2. The molecule has 12 rings (SSSR count). The average Bonchev–Trinajstić information content (AvgIpc) is 3.98. The van der Waals surface area contributed by atoms with Gasteiger partial charge >= 0.3 is 0 Å². The second-order valence-corrected chi connectivity index (χ2v) is 13.8. The molecule has 0 aliphatic carbocycles. The van der Waals surface area contributed by atoms with Gasteiger partial charge in [0.2, 0.25) is 5.78 Å². The van der Waals surface area contributed by atoms with Crippen molar-refractivity contribution in [2.45, 2.75) is 0 Å². The van der Waals surface area contributed by atoms with Gasteiger partial charge in [-0.1, -0.05) is 109 Å². The SMILES string of the molecule is c1ccc(-n2c3ccc4c(c5ccccc5n4-c4ccccc4-c4ccccc4-c4nccc5c4oc4ccccc45)c3n3c4ccccc4nc23)cc1. The molecule has 0 saturated carbocycles. The Morgan fingerprint density at radius 2 is 1.15 bits per heavy atom. The highest BCUT2D eigenvalue weighted by Crippen LogP contribution is 2.44. The molecule has 6 nitrogen and oxygen atoms in total. The number of fused-ring (bicyclic) bond motifs is 12. The Bertz CT molecular complexity index is 3450. The van der Waals surface area contributed by atoms with E-state index in [0.717, 1.165) is 94.6 Å². The third-order valence-electron chi connectivity index (χ3n) is 10.9. The molecular formula is C48H29N5O. The lowest BCUT2D eigenvalue weighted by atomic mass is 9.95. The van der Waals surface area contributed by atoms with Crippen LogP contribution < -0.4 is 0 Å². The van der Waals surface area contributed by atoms with E-state index in [0.29, 0.717) is 0 Å². The van der Waals surface area contributed by atoms with Crippen molar-refractivity contribution in [2.75, 3.05) is 0 Å². The van der Waals surface area contributed by atoms with Crippen LogP contribution >= 0.6 is 0 Å². The average molecular weight is 692 g/mol. The zero-order valence-corrected chi connectivity index (χ0v) is 28.9. The van der Waals surface area contributed by atoms with Gasteiger partial charge in [-0.15, -0.1) is 0 Å². The molecule has 0 spiro atoms. The molecule has 0 amide bonds. The number of benzene rings is 7. The zero-order valence-electron chi connectivity index (χ0n) is 28.9. The van der Waals surface area contributed by atoms with E-state index in [-0.39, 0.29) is 0 Å². The van der Waals surface area contributed by atoms with Crippen LogP contribution in [-0.4, -0.2) is 23.5 Å². The number of hydrogen-bond donors (Lipinski definition) is 0. The van der Waals surface area contributed by atoms with E-state index in [1.807, 2.05) is 24.4 Å². The van der Waals surface area contributed by atoms with Gasteiger partial charge in [0.1, 0.15) is 11.3 Å². The molecule has 0 bridgehead atoms. The molecule has 252 valence electrons. The second-order valence-electron chi connectivity index (χ2n) is 13.8. The maximum Gasteiger partial charge on any atom is 0.220 e. The van der Waals surface area contributed by atoms with Crippen molar-refractivity contribution in [3.05, 3.63) is 176 Å². The Hall–Kier alpha value is -7.44. The van der Waals surface area contributed by atoms with Crippen molar-refractivity contribution in [3.8, 4) is 33.8 Å². The van der Waals surface area contributed by atoms with Crippen LogP contribution in [0.3, 0.4) is 0 Å². The summed E-state index contributed by atoms with van der Waals surface area (Å²) in [4.78, 5) is 10.2. The summed E-state index contributed by atoms with van der Waals surface area (Å²) in [5, 5.41) is 4.51. The number of pyridine rings is 1. The van der Waals surface area contributed by atoms with Crippen LogP contribution in [0.15, 0.2) is 180 Å². The van der Waals surface area contributed by atoms with Crippen LogP contribution in [0, 0.1) is 0 Å². The summed E-state index contributed by atoms with van der Waals surface area (Å²) in [7, 11) is 0. The molecule has 0 N–H and O–H groups in total. The number of furan rings is 1. The molecule has 0 fully saturated rings. The van der Waals surface area contributed by atoms with Crippen molar-refractivity contribution >= 4 is 71.6 Å². The van der Waals surface area contributed by atoms with E-state index < -0.39 is 0 Å². The molecule has 0 unspecified atom stereocenters. The van der Waals surface area contributed by atoms with E-state index in [1.165, 1.54) is 10.8 Å². The predicted octanol–water partition coefficient (Wildman–Crippen LogP) is 12.2. The largest absolute Gasteiger partial charge is 0.454 e. The predicted molar refractivity (Wildman–Crippen MR) is 220 cm³/mol. The van der Waals surface area contributed by atoms with Crippen molar-refractivity contribution < 1.29 is 4.42 Å². The van der Waals surface area contributed by atoms with E-state index in [4.69, 9.17) is 14.4 Å². The Balaban J connectivity index is 1.18. The lowest BCUT2D eigenvalue weighted by Gasteiger charge is -2.16. The van der Waals surface area contributed by atoms with Crippen LogP contribution in [-0.2, 0) is 0 Å². The highest BCUT2D eigenvalue weighted by molar-refractivity contribution is 6.21. The van der Waals surface area contributed by atoms with Crippen LogP contribution in [0.5, 0.6) is 0 Å². The van der Waals surface area contributed by atoms with E-state index in [9.17, 15) is 0 Å². The molecule has 54 heavy (non-hydrogen) atoms. The van der Waals surface area contributed by atoms with Crippen molar-refractivity contribution in [2.24, 2.45) is 0 Å². The quantitative estimate of drug-likeness (QED) is 0.185. The Morgan fingerprint density at radius 1 is 0.463 bits per heavy atom. The van der Waals surface area contributed by atoms with Crippen molar-refractivity contribution in [1.29, 1.82) is 0 Å². The second kappa shape index (κ2) is 11.0. The monoisotopic (exact) mass is 691 g/mol. The highest BCUT2D eigenvalue weighted by atomic mass is 16.3. The molecule has 6 heteroatoms. The summed E-state index contributed by atoms with van der Waals surface area (Å²) in [6.45, 7) is 0. The fourth-order valence-electron chi connectivity index (χ4n) is 8.69. The molecule has 0 aliphatic heterocycles. The number of nitrogens with zero attached hydrogens (tertiary/aromatic N) is 5. The molecule has 5 aromatic heterocycles. The number of aromatic nitrogens is 5. The molecule has 5 heterocycles. The Kier molecular flexibility index (Phi) is 5.96. The maximum absolute atomic E-state index is 6.50. The van der Waals surface area contributed by atoms with Gasteiger partial charge in [0.05, 0.1) is 38.8 Å². The summed E-state index contributed by atoms with van der Waals surface area (Å²) in [5.74, 6) is 0.892. The molecule has 0 saturated heterocycles. The molecule has 0 aliphatic rings. The normalized spacial score (nSPS) is 12.1. The van der Waals surface area contributed by atoms with Gasteiger partial charge < -0.3 is 8.98 Å². The first-order chi connectivity index (χ1) is 26.8. The number of rotatable bonds is 4. The van der Waals surface area contributed by atoms with E-state index in [2.05, 4.69) is 165 Å². The molecule has 0 radical (unpaired) electrons. The Morgan fingerprint density at radius 3 is 2.04 bits per heavy atom. The van der Waals surface area contributed by atoms with Gasteiger partial charge in [-0.25, -0.2) is 4.98 Å². The van der Waals surface area contributed by atoms with Crippen LogP contribution in [0.1, 0.15) is 0 Å². The van der Waals surface area contributed by atoms with Crippen LogP contribution in [0.25, 0.3) is 105 Å². The minimum absolute atomic E-state index is 0.794. The number of imidazole rings is 2. The zero-order chi connectivity index (χ0) is 35.3. The lowest BCUT2D eigenvalue weighted by molar-refractivity contribution is 0.668. The summed E-state index contributed by atoms with van der Waals surface area (Å²) >= 11 is 0. The van der Waals surface area contributed by atoms with Crippen molar-refractivity contribution in [1.82, 2.24) is 23.5 Å². The fourth-order valence-corrected chi connectivity index (χ4v) is 8.69. The molecule has 0 atom stereocenters. The molecular weight excluding hydrogens is 663 g/mol. The minimum Gasteiger partial charge on any atom is -0.454 e.